The molecule has 5 heteroatoms. The Morgan fingerprint density at radius 3 is 1.95 bits per heavy atom. The first kappa shape index (κ1) is 21.6. The fourth-order valence-electron chi connectivity index (χ4n) is 8.67. The molecule has 0 spiro atoms. The quantitative estimate of drug-likeness (QED) is 0.109. The van der Waals surface area contributed by atoms with Crippen LogP contribution in [0.5, 0.6) is 11.5 Å². The van der Waals surface area contributed by atoms with Crippen LogP contribution in [0.2, 0.25) is 0 Å². The molecule has 1 aliphatic heterocycles. The number of fused-ring (bicyclic) bond motifs is 7. The predicted molar refractivity (Wildman–Crippen MR) is 230 cm³/mol. The maximum Gasteiger partial charge on any atom is 0.220 e. The van der Waals surface area contributed by atoms with Gasteiger partial charge in [0.1, 0.15) is 11.5 Å². The maximum absolute atomic E-state index is 9.91. The van der Waals surface area contributed by atoms with Crippen molar-refractivity contribution in [2.24, 2.45) is 0 Å². The van der Waals surface area contributed by atoms with Gasteiger partial charge in [-0.25, -0.2) is 4.98 Å². The second-order valence-electron chi connectivity index (χ2n) is 13.6. The van der Waals surface area contributed by atoms with Crippen molar-refractivity contribution in [1.82, 2.24) is 14.0 Å². The fourth-order valence-corrected chi connectivity index (χ4v) is 13.6. The van der Waals surface area contributed by atoms with Gasteiger partial charge in [-0.05, 0) is 76.0 Å². The second-order valence-corrected chi connectivity index (χ2v) is 17.4. The Morgan fingerprint density at radius 1 is 0.600 bits per heavy atom. The minimum atomic E-state index is -3.98. The Hall–Kier alpha value is -6.17. The van der Waals surface area contributed by atoms with Crippen LogP contribution in [0.3, 0.4) is 0 Å². The largest absolute Gasteiger partial charge is 0.457 e. The highest BCUT2D eigenvalue weighted by Crippen LogP contribution is 2.52. The van der Waals surface area contributed by atoms with E-state index >= 15 is 0 Å². The van der Waals surface area contributed by atoms with Crippen LogP contribution in [0, 0.1) is 0 Å². The van der Waals surface area contributed by atoms with Gasteiger partial charge in [0.2, 0.25) is 5.78 Å². The summed E-state index contributed by atoms with van der Waals surface area (Å²) in [7, 11) is -3.98. The average Bonchev–Trinajstić information content (AvgIpc) is 3.85. The lowest BCUT2D eigenvalue weighted by Gasteiger charge is -2.43. The molecule has 7 aromatic carbocycles. The number of rotatable bonds is 9. The third-order valence-corrected chi connectivity index (χ3v) is 15.7. The van der Waals surface area contributed by atoms with Crippen LogP contribution in [0.25, 0.3) is 33.5 Å². The zero-order valence-corrected chi connectivity index (χ0v) is 30.5. The molecule has 0 atom stereocenters. The monoisotopic (exact) mass is 743 g/mol. The molecule has 9 aromatic rings. The third-order valence-electron chi connectivity index (χ3n) is 10.9. The molecule has 0 saturated carbocycles. The molecule has 0 fully saturated rings. The molecule has 268 valence electrons. The molecule has 0 radical (unpaired) electrons. The minimum absolute atomic E-state index is 0.190. The Bertz CT molecular complexity index is 3360. The molecule has 10 rings (SSSR count). The molecular formula is C50H43N3OSi. The van der Waals surface area contributed by atoms with Crippen LogP contribution in [0.4, 0.5) is 0 Å². The number of para-hydroxylation sites is 6. The molecule has 0 unspecified atom stereocenters. The molecule has 0 amide bonds. The van der Waals surface area contributed by atoms with Gasteiger partial charge in [-0.1, -0.05) is 160 Å². The van der Waals surface area contributed by atoms with Crippen molar-refractivity contribution >= 4 is 56.7 Å². The van der Waals surface area contributed by atoms with Gasteiger partial charge in [-0.3, -0.25) is 8.97 Å². The van der Waals surface area contributed by atoms with E-state index in [1.807, 2.05) is 127 Å². The Kier molecular flexibility index (Phi) is 5.23. The van der Waals surface area contributed by atoms with Gasteiger partial charge < -0.3 is 4.74 Å². The van der Waals surface area contributed by atoms with Gasteiger partial charge in [0.15, 0.2) is 8.07 Å². The topological polar surface area (TPSA) is 31.5 Å². The van der Waals surface area contributed by atoms with Gasteiger partial charge in [0, 0.05) is 41.4 Å². The van der Waals surface area contributed by atoms with Gasteiger partial charge >= 0.3 is 0 Å². The van der Waals surface area contributed by atoms with Crippen LogP contribution in [-0.2, 0) is 5.41 Å². The number of aromatic nitrogens is 3. The van der Waals surface area contributed by atoms with E-state index in [1.54, 1.807) is 6.07 Å². The summed E-state index contributed by atoms with van der Waals surface area (Å²) in [5, 5.41) is 2.71. The molecule has 2 aromatic heterocycles. The summed E-state index contributed by atoms with van der Waals surface area (Å²) in [4.78, 5) is 5.11. The Morgan fingerprint density at radius 2 is 1.20 bits per heavy atom. The SMILES string of the molecule is [2H]C([2H])([2H])C([2H])([2H])C([2H])([2H])C1(C([2H])([2H])C([2H])([2H])C([2H])([2H])[2H])c2ccccc2Oc2c1cccc2[Si](c1ccccc1)(c1ccccc1)c1cccc(-n2c3ccccc3n3c4ccccc4nc23)c1. The van der Waals surface area contributed by atoms with Gasteiger partial charge in [0.25, 0.3) is 0 Å². The number of ether oxygens (including phenoxy) is 1. The van der Waals surface area contributed by atoms with E-state index in [2.05, 4.69) is 15.0 Å². The van der Waals surface area contributed by atoms with Crippen LogP contribution in [-0.4, -0.2) is 22.0 Å². The first-order valence-corrected chi connectivity index (χ1v) is 20.1. The van der Waals surface area contributed by atoms with E-state index in [1.165, 1.54) is 36.4 Å². The average molecular weight is 744 g/mol. The first-order chi connectivity index (χ1) is 32.6. The lowest BCUT2D eigenvalue weighted by Crippen LogP contribution is -2.75. The number of nitrogens with zero attached hydrogens (tertiary/aromatic N) is 3. The van der Waals surface area contributed by atoms with E-state index < -0.39 is 63.8 Å². The van der Waals surface area contributed by atoms with Crippen LogP contribution >= 0.6 is 0 Å². The molecule has 0 bridgehead atoms. The van der Waals surface area contributed by atoms with Crippen LogP contribution < -0.4 is 25.5 Å². The lowest BCUT2D eigenvalue weighted by molar-refractivity contribution is 0.354. The summed E-state index contributed by atoms with van der Waals surface area (Å²) >= 11 is 0. The summed E-state index contributed by atoms with van der Waals surface area (Å²) in [6, 6.07) is 52.9. The Balaban J connectivity index is 1.37. The van der Waals surface area contributed by atoms with Crippen LogP contribution in [0.1, 0.15) is 69.5 Å². The van der Waals surface area contributed by atoms with Gasteiger partial charge in [-0.15, -0.1) is 0 Å². The zero-order chi connectivity index (χ0) is 49.2. The van der Waals surface area contributed by atoms with Crippen molar-refractivity contribution < 1.29 is 23.9 Å². The highest BCUT2D eigenvalue weighted by atomic mass is 28.3. The summed E-state index contributed by atoms with van der Waals surface area (Å²) < 4.78 is 138. The number of imidazole rings is 2. The highest BCUT2D eigenvalue weighted by Gasteiger charge is 2.48. The van der Waals surface area contributed by atoms with E-state index in [4.69, 9.17) is 23.4 Å². The zero-order valence-electron chi connectivity index (χ0n) is 43.5. The molecule has 4 nitrogen and oxygen atoms in total. The molecule has 1 aliphatic rings. The van der Waals surface area contributed by atoms with E-state index in [0.717, 1.165) is 43.3 Å². The lowest BCUT2D eigenvalue weighted by atomic mass is 9.67. The van der Waals surface area contributed by atoms with E-state index in [9.17, 15) is 5.48 Å². The summed E-state index contributed by atoms with van der Waals surface area (Å²) in [6.45, 7) is -7.56. The maximum atomic E-state index is 9.91. The number of hydrogen-bond donors (Lipinski definition) is 0. The van der Waals surface area contributed by atoms with E-state index in [-0.39, 0.29) is 11.5 Å². The first-order valence-electron chi connectivity index (χ1n) is 25.1. The van der Waals surface area contributed by atoms with Crippen LogP contribution in [0.15, 0.2) is 176 Å². The van der Waals surface area contributed by atoms with Crippen molar-refractivity contribution in [1.29, 1.82) is 0 Å². The second kappa shape index (κ2) is 13.3. The molecular weight excluding hydrogens is 687 g/mol. The van der Waals surface area contributed by atoms with Gasteiger partial charge in [0.05, 0.1) is 22.1 Å². The smallest absolute Gasteiger partial charge is 0.220 e. The van der Waals surface area contributed by atoms with Crippen molar-refractivity contribution in [3.05, 3.63) is 187 Å². The normalized spacial score (nSPS) is 18.8. The van der Waals surface area contributed by atoms with Crippen molar-refractivity contribution in [2.75, 3.05) is 0 Å². The predicted octanol–water partition coefficient (Wildman–Crippen LogP) is 9.80. The van der Waals surface area contributed by atoms with E-state index in [0.29, 0.717) is 11.0 Å². The summed E-state index contributed by atoms with van der Waals surface area (Å²) in [6.07, 6.45) is -15.8. The minimum Gasteiger partial charge on any atom is -0.457 e. The van der Waals surface area contributed by atoms with Crippen molar-refractivity contribution in [2.45, 2.75) is 44.6 Å². The molecule has 0 saturated heterocycles. The highest BCUT2D eigenvalue weighted by molar-refractivity contribution is 7.20. The standard InChI is InChI=1S/C50H43N3OSi/c1-3-33-50(34-4-2)40-25-11-16-31-46(40)54-48-41(50)26-18-32-47(48)55(37-20-7-5-8-21-37,38-22-9-6-10-23-38)39-24-17-19-36(35-39)52-44-29-14-15-30-45(44)53-43-28-13-12-27-42(43)51-49(52)53/h5-32,35H,3-4,33-34H2,1-2H3/i1D3,2D3,3D2,4D2,33D2,34D2. The van der Waals surface area contributed by atoms with Crippen molar-refractivity contribution in [3.63, 3.8) is 0 Å². The molecule has 3 heterocycles. The fraction of sp³-hybridized carbons (Fsp3) is 0.140. The molecule has 0 N–H and O–H groups in total. The third kappa shape index (κ3) is 4.92. The van der Waals surface area contributed by atoms with Crippen molar-refractivity contribution in [3.8, 4) is 17.2 Å². The summed E-state index contributed by atoms with van der Waals surface area (Å²) in [5.41, 5.74) is -0.0725. The van der Waals surface area contributed by atoms with Gasteiger partial charge in [-0.2, -0.15) is 0 Å². The number of hydrogen-bond acceptors (Lipinski definition) is 2. The summed E-state index contributed by atoms with van der Waals surface area (Å²) in [5.74, 6) is 0.225. The molecule has 55 heavy (non-hydrogen) atoms. The number of benzene rings is 7. The Labute approximate surface area is 343 Å². The molecule has 0 aliphatic carbocycles.